The van der Waals surface area contributed by atoms with Gasteiger partial charge in [0.1, 0.15) is 11.5 Å². The van der Waals surface area contributed by atoms with Crippen LogP contribution in [0.3, 0.4) is 0 Å². The zero-order valence-corrected chi connectivity index (χ0v) is 12.6. The van der Waals surface area contributed by atoms with E-state index in [4.69, 9.17) is 4.42 Å². The second-order valence-corrected chi connectivity index (χ2v) is 5.34. The lowest BCUT2D eigenvalue weighted by Crippen LogP contribution is -2.10. The van der Waals surface area contributed by atoms with Gasteiger partial charge in [-0.2, -0.15) is 0 Å². The standard InChI is InChI=1S/C15H18BrNO/c1-4-17-9-12-5-6-14(18-12)15-11(3)7-10(2)8-13(15)16/h5-8,17H,4,9H2,1-3H3. The largest absolute Gasteiger partial charge is 0.460 e. The number of aryl methyl sites for hydroxylation is 2. The van der Waals surface area contributed by atoms with Gasteiger partial charge in [0.15, 0.2) is 0 Å². The van der Waals surface area contributed by atoms with E-state index in [2.05, 4.69) is 54.2 Å². The third-order valence-corrected chi connectivity index (χ3v) is 3.51. The Kier molecular flexibility index (Phi) is 4.25. The van der Waals surface area contributed by atoms with Gasteiger partial charge in [0.25, 0.3) is 0 Å². The average molecular weight is 308 g/mol. The highest BCUT2D eigenvalue weighted by molar-refractivity contribution is 9.10. The molecule has 2 aromatic rings. The van der Waals surface area contributed by atoms with E-state index in [1.807, 2.05) is 12.1 Å². The van der Waals surface area contributed by atoms with Crippen molar-refractivity contribution in [2.45, 2.75) is 27.3 Å². The van der Waals surface area contributed by atoms with Gasteiger partial charge < -0.3 is 9.73 Å². The van der Waals surface area contributed by atoms with E-state index in [1.54, 1.807) is 0 Å². The molecule has 0 amide bonds. The molecule has 0 saturated carbocycles. The summed E-state index contributed by atoms with van der Waals surface area (Å²) in [6.07, 6.45) is 0. The summed E-state index contributed by atoms with van der Waals surface area (Å²) in [5, 5.41) is 3.26. The van der Waals surface area contributed by atoms with E-state index in [-0.39, 0.29) is 0 Å². The topological polar surface area (TPSA) is 25.2 Å². The second kappa shape index (κ2) is 5.72. The van der Waals surface area contributed by atoms with E-state index >= 15 is 0 Å². The van der Waals surface area contributed by atoms with Gasteiger partial charge in [-0.1, -0.05) is 28.9 Å². The highest BCUT2D eigenvalue weighted by Gasteiger charge is 2.11. The minimum absolute atomic E-state index is 0.777. The first kappa shape index (κ1) is 13.4. The minimum Gasteiger partial charge on any atom is -0.460 e. The van der Waals surface area contributed by atoms with Crippen LogP contribution in [0.2, 0.25) is 0 Å². The van der Waals surface area contributed by atoms with Crippen molar-refractivity contribution < 1.29 is 4.42 Å². The summed E-state index contributed by atoms with van der Waals surface area (Å²) in [6, 6.07) is 8.36. The van der Waals surface area contributed by atoms with Crippen LogP contribution in [0, 0.1) is 13.8 Å². The molecule has 0 radical (unpaired) electrons. The SMILES string of the molecule is CCNCc1ccc(-c2c(C)cc(C)cc2Br)o1. The van der Waals surface area contributed by atoms with Crippen molar-refractivity contribution in [2.24, 2.45) is 0 Å². The summed E-state index contributed by atoms with van der Waals surface area (Å²) < 4.78 is 6.97. The molecule has 1 heterocycles. The number of halogens is 1. The van der Waals surface area contributed by atoms with Crippen molar-refractivity contribution in [3.05, 3.63) is 45.6 Å². The van der Waals surface area contributed by atoms with Crippen molar-refractivity contribution >= 4 is 15.9 Å². The lowest BCUT2D eigenvalue weighted by atomic mass is 10.0. The maximum atomic E-state index is 5.88. The van der Waals surface area contributed by atoms with Crippen molar-refractivity contribution in [1.29, 1.82) is 0 Å². The molecule has 0 atom stereocenters. The predicted molar refractivity (Wildman–Crippen MR) is 78.7 cm³/mol. The maximum absolute atomic E-state index is 5.88. The normalized spacial score (nSPS) is 10.9. The van der Waals surface area contributed by atoms with Crippen molar-refractivity contribution in [2.75, 3.05) is 6.54 Å². The number of benzene rings is 1. The van der Waals surface area contributed by atoms with Crippen LogP contribution in [-0.4, -0.2) is 6.54 Å². The van der Waals surface area contributed by atoms with Crippen LogP contribution in [0.4, 0.5) is 0 Å². The Bertz CT molecular complexity index is 522. The molecule has 2 rings (SSSR count). The first-order valence-electron chi connectivity index (χ1n) is 6.18. The molecule has 0 fully saturated rings. The fourth-order valence-electron chi connectivity index (χ4n) is 2.08. The zero-order chi connectivity index (χ0) is 13.1. The van der Waals surface area contributed by atoms with E-state index < -0.39 is 0 Å². The molecule has 0 aliphatic rings. The molecule has 1 N–H and O–H groups in total. The fourth-order valence-corrected chi connectivity index (χ4v) is 2.95. The summed E-state index contributed by atoms with van der Waals surface area (Å²) in [4.78, 5) is 0. The lowest BCUT2D eigenvalue weighted by Gasteiger charge is -2.07. The van der Waals surface area contributed by atoms with Gasteiger partial charge in [0.05, 0.1) is 6.54 Å². The number of hydrogen-bond acceptors (Lipinski definition) is 2. The van der Waals surface area contributed by atoms with Gasteiger partial charge >= 0.3 is 0 Å². The van der Waals surface area contributed by atoms with E-state index in [9.17, 15) is 0 Å². The van der Waals surface area contributed by atoms with Gasteiger partial charge in [0.2, 0.25) is 0 Å². The number of rotatable bonds is 4. The quantitative estimate of drug-likeness (QED) is 0.903. The highest BCUT2D eigenvalue weighted by atomic mass is 79.9. The molecule has 1 aromatic heterocycles. The summed E-state index contributed by atoms with van der Waals surface area (Å²) in [5.41, 5.74) is 3.62. The van der Waals surface area contributed by atoms with Gasteiger partial charge in [-0.25, -0.2) is 0 Å². The molecule has 0 aliphatic heterocycles. The van der Waals surface area contributed by atoms with Crippen molar-refractivity contribution in [3.8, 4) is 11.3 Å². The molecule has 0 bridgehead atoms. The maximum Gasteiger partial charge on any atom is 0.135 e. The van der Waals surface area contributed by atoms with Gasteiger partial charge in [0, 0.05) is 10.0 Å². The first-order chi connectivity index (χ1) is 8.61. The van der Waals surface area contributed by atoms with Crippen LogP contribution in [0.5, 0.6) is 0 Å². The Hall–Kier alpha value is -1.06. The third kappa shape index (κ3) is 2.85. The van der Waals surface area contributed by atoms with Crippen LogP contribution >= 0.6 is 15.9 Å². The second-order valence-electron chi connectivity index (χ2n) is 4.48. The minimum atomic E-state index is 0.777. The molecule has 3 heteroatoms. The summed E-state index contributed by atoms with van der Waals surface area (Å²) in [6.45, 7) is 8.02. The third-order valence-electron chi connectivity index (χ3n) is 2.89. The molecular formula is C15H18BrNO. The Balaban J connectivity index is 2.34. The average Bonchev–Trinajstić information content (AvgIpc) is 2.73. The zero-order valence-electron chi connectivity index (χ0n) is 11.0. The summed E-state index contributed by atoms with van der Waals surface area (Å²) in [5.74, 6) is 1.89. The Labute approximate surface area is 117 Å². The van der Waals surface area contributed by atoms with Gasteiger partial charge in [-0.3, -0.25) is 0 Å². The number of nitrogens with one attached hydrogen (secondary N) is 1. The fraction of sp³-hybridized carbons (Fsp3) is 0.333. The van der Waals surface area contributed by atoms with Crippen molar-refractivity contribution in [3.63, 3.8) is 0 Å². The first-order valence-corrected chi connectivity index (χ1v) is 6.97. The molecule has 0 unspecified atom stereocenters. The molecule has 1 aromatic carbocycles. The lowest BCUT2D eigenvalue weighted by molar-refractivity contribution is 0.498. The van der Waals surface area contributed by atoms with E-state index in [1.165, 1.54) is 11.1 Å². The highest BCUT2D eigenvalue weighted by Crippen LogP contribution is 2.33. The summed E-state index contributed by atoms with van der Waals surface area (Å²) in [7, 11) is 0. The molecular weight excluding hydrogens is 290 g/mol. The molecule has 18 heavy (non-hydrogen) atoms. The molecule has 0 spiro atoms. The predicted octanol–water partition coefficient (Wildman–Crippen LogP) is 4.44. The monoisotopic (exact) mass is 307 g/mol. The number of furan rings is 1. The van der Waals surface area contributed by atoms with Crippen LogP contribution in [-0.2, 0) is 6.54 Å². The molecule has 2 nitrogen and oxygen atoms in total. The molecule has 0 aliphatic carbocycles. The van der Waals surface area contributed by atoms with Crippen LogP contribution in [0.1, 0.15) is 23.8 Å². The summed E-state index contributed by atoms with van der Waals surface area (Å²) >= 11 is 3.62. The smallest absolute Gasteiger partial charge is 0.135 e. The Morgan fingerprint density at radius 1 is 1.22 bits per heavy atom. The van der Waals surface area contributed by atoms with E-state index in [0.29, 0.717) is 0 Å². The molecule has 96 valence electrons. The Morgan fingerprint density at radius 2 is 2.00 bits per heavy atom. The van der Waals surface area contributed by atoms with Crippen molar-refractivity contribution in [1.82, 2.24) is 5.32 Å². The van der Waals surface area contributed by atoms with Gasteiger partial charge in [-0.05, 0) is 49.7 Å². The van der Waals surface area contributed by atoms with E-state index in [0.717, 1.165) is 34.6 Å². The number of hydrogen-bond donors (Lipinski definition) is 1. The molecule has 0 saturated heterocycles. The Morgan fingerprint density at radius 3 is 2.67 bits per heavy atom. The van der Waals surface area contributed by atoms with Crippen LogP contribution < -0.4 is 5.32 Å². The van der Waals surface area contributed by atoms with Crippen LogP contribution in [0.15, 0.2) is 33.2 Å². The van der Waals surface area contributed by atoms with Gasteiger partial charge in [-0.15, -0.1) is 0 Å². The van der Waals surface area contributed by atoms with Crippen LogP contribution in [0.25, 0.3) is 11.3 Å².